The quantitative estimate of drug-likeness (QED) is 0.630. The number of hydrogen-bond donors (Lipinski definition) is 3. The van der Waals surface area contributed by atoms with Gasteiger partial charge in [-0.2, -0.15) is 0 Å². The minimum Gasteiger partial charge on any atom is -0.434 e. The average molecular weight is 442 g/mol. The van der Waals surface area contributed by atoms with E-state index in [1.807, 2.05) is 20.8 Å². The number of anilines is 1. The second-order valence-corrected chi connectivity index (χ2v) is 7.77. The Balaban J connectivity index is 1.81. The van der Waals surface area contributed by atoms with Crippen LogP contribution in [0.3, 0.4) is 0 Å². The first-order valence-corrected chi connectivity index (χ1v) is 9.66. The van der Waals surface area contributed by atoms with E-state index in [9.17, 15) is 9.59 Å². The molecule has 1 aromatic heterocycles. The predicted molar refractivity (Wildman–Crippen MR) is 110 cm³/mol. The van der Waals surface area contributed by atoms with Crippen molar-refractivity contribution in [2.45, 2.75) is 38.9 Å². The summed E-state index contributed by atoms with van der Waals surface area (Å²) < 4.78 is 7.01. The highest BCUT2D eigenvalue weighted by Gasteiger charge is 2.27. The van der Waals surface area contributed by atoms with Gasteiger partial charge in [-0.25, -0.2) is 9.48 Å². The topological polar surface area (TPSA) is 107 Å². The van der Waals surface area contributed by atoms with Gasteiger partial charge < -0.3 is 14.9 Å². The number of hydroxylamine groups is 1. The lowest BCUT2D eigenvalue weighted by Crippen LogP contribution is -2.45. The molecule has 0 saturated carbocycles. The molecule has 1 aliphatic heterocycles. The molecule has 2 aromatic rings. The van der Waals surface area contributed by atoms with Crippen LogP contribution in [-0.4, -0.2) is 28.1 Å². The lowest BCUT2D eigenvalue weighted by atomic mass is 10.1. The number of nitrogens with zero attached hydrogens (tertiary/aromatic N) is 2. The van der Waals surface area contributed by atoms with Gasteiger partial charge in [-0.1, -0.05) is 37.0 Å². The van der Waals surface area contributed by atoms with Gasteiger partial charge in [0, 0.05) is 24.4 Å². The molecule has 156 valence electrons. The Morgan fingerprint density at radius 2 is 1.86 bits per heavy atom. The number of aryl methyl sites for hydroxylation is 1. The van der Waals surface area contributed by atoms with Crippen LogP contribution >= 0.6 is 23.2 Å². The minimum absolute atomic E-state index is 0.00623. The van der Waals surface area contributed by atoms with Crippen LogP contribution in [0.25, 0.3) is 0 Å². The van der Waals surface area contributed by atoms with Crippen molar-refractivity contribution < 1.29 is 14.4 Å². The molecule has 1 saturated heterocycles. The third-order valence-electron chi connectivity index (χ3n) is 4.34. The number of amides is 1. The average Bonchev–Trinajstić information content (AvgIpc) is 3.07. The van der Waals surface area contributed by atoms with Crippen LogP contribution < -0.4 is 26.4 Å². The van der Waals surface area contributed by atoms with E-state index in [1.165, 1.54) is 4.68 Å². The maximum Gasteiger partial charge on any atom is 0.427 e. The molecule has 2 heterocycles. The number of halogens is 2. The molecule has 1 aliphatic rings. The summed E-state index contributed by atoms with van der Waals surface area (Å²) in [5.74, 6) is 0.443. The third kappa shape index (κ3) is 4.75. The van der Waals surface area contributed by atoms with E-state index >= 15 is 0 Å². The SMILES string of the molecule is CC(C)c1cc(Oc2c(Cl)cc(N[C@@H](C)C3NOC(=O)N3)cc2Cl)nn(C)c1=O. The molecule has 1 aromatic carbocycles. The third-order valence-corrected chi connectivity index (χ3v) is 4.90. The molecule has 11 heteroatoms. The van der Waals surface area contributed by atoms with E-state index < -0.39 is 12.3 Å². The summed E-state index contributed by atoms with van der Waals surface area (Å²) in [7, 11) is 1.55. The maximum atomic E-state index is 12.2. The van der Waals surface area contributed by atoms with Gasteiger partial charge in [0.05, 0.1) is 16.1 Å². The van der Waals surface area contributed by atoms with E-state index in [0.29, 0.717) is 11.3 Å². The zero-order valence-corrected chi connectivity index (χ0v) is 17.8. The smallest absolute Gasteiger partial charge is 0.427 e. The highest BCUT2D eigenvalue weighted by atomic mass is 35.5. The van der Waals surface area contributed by atoms with Crippen LogP contribution in [0.2, 0.25) is 10.0 Å². The molecular weight excluding hydrogens is 421 g/mol. The monoisotopic (exact) mass is 441 g/mol. The molecule has 2 atom stereocenters. The number of benzene rings is 1. The van der Waals surface area contributed by atoms with E-state index in [-0.39, 0.29) is 39.2 Å². The van der Waals surface area contributed by atoms with Gasteiger partial charge in [0.1, 0.15) is 6.17 Å². The molecule has 3 N–H and O–H groups in total. The maximum absolute atomic E-state index is 12.2. The van der Waals surface area contributed by atoms with Gasteiger partial charge >= 0.3 is 6.09 Å². The Morgan fingerprint density at radius 1 is 1.21 bits per heavy atom. The Kier molecular flexibility index (Phi) is 6.21. The molecule has 0 radical (unpaired) electrons. The first-order chi connectivity index (χ1) is 13.7. The van der Waals surface area contributed by atoms with Crippen LogP contribution in [0.4, 0.5) is 10.5 Å². The van der Waals surface area contributed by atoms with Crippen LogP contribution in [-0.2, 0) is 11.9 Å². The summed E-state index contributed by atoms with van der Waals surface area (Å²) in [5.41, 5.74) is 3.59. The fourth-order valence-corrected chi connectivity index (χ4v) is 3.35. The molecular formula is C18H21Cl2N5O4. The first kappa shape index (κ1) is 21.2. The summed E-state index contributed by atoms with van der Waals surface area (Å²) in [6, 6.07) is 4.64. The molecule has 29 heavy (non-hydrogen) atoms. The van der Waals surface area contributed by atoms with Crippen molar-refractivity contribution >= 4 is 35.0 Å². The summed E-state index contributed by atoms with van der Waals surface area (Å²) in [4.78, 5) is 28.0. The number of carbonyl (C=O) groups excluding carboxylic acids is 1. The van der Waals surface area contributed by atoms with E-state index in [4.69, 9.17) is 27.9 Å². The van der Waals surface area contributed by atoms with E-state index in [1.54, 1.807) is 25.2 Å². The van der Waals surface area contributed by atoms with Crippen molar-refractivity contribution in [1.82, 2.24) is 20.6 Å². The molecule has 0 bridgehead atoms. The number of hydrogen-bond acceptors (Lipinski definition) is 7. The number of ether oxygens (including phenoxy) is 1. The summed E-state index contributed by atoms with van der Waals surface area (Å²) in [6.45, 7) is 5.67. The van der Waals surface area contributed by atoms with Gasteiger partial charge in [0.2, 0.25) is 5.88 Å². The highest BCUT2D eigenvalue weighted by molar-refractivity contribution is 6.37. The van der Waals surface area contributed by atoms with Gasteiger partial charge in [0.15, 0.2) is 5.75 Å². The second kappa shape index (κ2) is 8.48. The second-order valence-electron chi connectivity index (χ2n) is 6.95. The van der Waals surface area contributed by atoms with Crippen molar-refractivity contribution in [3.05, 3.63) is 44.2 Å². The zero-order valence-electron chi connectivity index (χ0n) is 16.2. The van der Waals surface area contributed by atoms with Gasteiger partial charge in [0.25, 0.3) is 5.56 Å². The number of rotatable bonds is 6. The Bertz CT molecular complexity index is 972. The molecule has 1 fully saturated rings. The van der Waals surface area contributed by atoms with E-state index in [0.717, 1.165) is 0 Å². The molecule has 0 spiro atoms. The standard InChI is InChI=1S/C18H21Cl2N5O4/c1-8(2)11-7-14(23-25(4)17(11)26)28-15-12(19)5-10(6-13(15)20)21-9(3)16-22-18(27)29-24-16/h5-9,16,21,24H,1-4H3,(H,22,27)/t9-,16?/m0/s1. The first-order valence-electron chi connectivity index (χ1n) is 8.90. The minimum atomic E-state index is -0.547. The van der Waals surface area contributed by atoms with Crippen LogP contribution in [0.1, 0.15) is 32.3 Å². The summed E-state index contributed by atoms with van der Waals surface area (Å²) in [5, 5.41) is 10.4. The van der Waals surface area contributed by atoms with Gasteiger partial charge in [-0.15, -0.1) is 10.6 Å². The number of nitrogens with one attached hydrogen (secondary N) is 3. The van der Waals surface area contributed by atoms with Crippen LogP contribution in [0, 0.1) is 0 Å². The van der Waals surface area contributed by atoms with E-state index in [2.05, 4.69) is 26.0 Å². The van der Waals surface area contributed by atoms with Crippen molar-refractivity contribution in [3.63, 3.8) is 0 Å². The van der Waals surface area contributed by atoms with Gasteiger partial charge in [-0.05, 0) is 25.0 Å². The van der Waals surface area contributed by atoms with Crippen molar-refractivity contribution in [2.75, 3.05) is 5.32 Å². The van der Waals surface area contributed by atoms with Crippen LogP contribution in [0.15, 0.2) is 23.0 Å². The highest BCUT2D eigenvalue weighted by Crippen LogP contribution is 2.38. The zero-order chi connectivity index (χ0) is 21.3. The molecule has 3 rings (SSSR count). The van der Waals surface area contributed by atoms with Crippen LogP contribution in [0.5, 0.6) is 11.6 Å². The largest absolute Gasteiger partial charge is 0.434 e. The molecule has 0 aliphatic carbocycles. The normalized spacial score (nSPS) is 17.1. The molecule has 9 nitrogen and oxygen atoms in total. The predicted octanol–water partition coefficient (Wildman–Crippen LogP) is 3.37. The van der Waals surface area contributed by atoms with Crippen molar-refractivity contribution in [1.29, 1.82) is 0 Å². The Labute approximate surface area is 177 Å². The van der Waals surface area contributed by atoms with Crippen molar-refractivity contribution in [3.8, 4) is 11.6 Å². The fraction of sp³-hybridized carbons (Fsp3) is 0.389. The fourth-order valence-electron chi connectivity index (χ4n) is 2.79. The molecule has 1 amide bonds. The van der Waals surface area contributed by atoms with Gasteiger partial charge in [-0.3, -0.25) is 10.1 Å². The summed E-state index contributed by atoms with van der Waals surface area (Å²) >= 11 is 12.7. The number of aromatic nitrogens is 2. The molecule has 1 unspecified atom stereocenters. The van der Waals surface area contributed by atoms with Crippen molar-refractivity contribution in [2.24, 2.45) is 7.05 Å². The lowest BCUT2D eigenvalue weighted by molar-refractivity contribution is 0.119. The Morgan fingerprint density at radius 3 is 2.41 bits per heavy atom. The summed E-state index contributed by atoms with van der Waals surface area (Å²) in [6.07, 6.45) is -0.964. The Hall–Kier alpha value is -2.49. The lowest BCUT2D eigenvalue weighted by Gasteiger charge is -2.21. The number of carbonyl (C=O) groups is 1.